The Hall–Kier alpha value is -3.53. The third-order valence-corrected chi connectivity index (χ3v) is 5.61. The first-order valence-electron chi connectivity index (χ1n) is 9.72. The maximum atomic E-state index is 14.6. The van der Waals surface area contributed by atoms with Crippen molar-refractivity contribution in [3.63, 3.8) is 0 Å². The molecular formula is C21H19F2N7O. The molecule has 4 heterocycles. The zero-order chi connectivity index (χ0) is 21.9. The monoisotopic (exact) mass is 423 g/mol. The number of benzene rings is 1. The van der Waals surface area contributed by atoms with E-state index in [1.807, 2.05) is 13.8 Å². The SMILES string of the molecule is Cc1cccc(Cn2nc(-c3nnc4c(n3)NC(O)C4(C)C)c3cc(F)cnc32)c1F. The van der Waals surface area contributed by atoms with E-state index in [0.717, 1.165) is 6.20 Å². The Labute approximate surface area is 176 Å². The molecule has 2 N–H and O–H groups in total. The van der Waals surface area contributed by atoms with E-state index in [9.17, 15) is 13.9 Å². The highest BCUT2D eigenvalue weighted by Crippen LogP contribution is 2.37. The molecule has 0 aliphatic carbocycles. The number of fused-ring (bicyclic) bond motifs is 2. The van der Waals surface area contributed by atoms with E-state index in [4.69, 9.17) is 0 Å². The second-order valence-corrected chi connectivity index (χ2v) is 8.18. The Bertz CT molecular complexity index is 1340. The minimum absolute atomic E-state index is 0.102. The van der Waals surface area contributed by atoms with Crippen LogP contribution in [0.15, 0.2) is 30.5 Å². The van der Waals surface area contributed by atoms with Crippen molar-refractivity contribution in [3.8, 4) is 11.5 Å². The van der Waals surface area contributed by atoms with Gasteiger partial charge in [0, 0.05) is 5.56 Å². The van der Waals surface area contributed by atoms with Gasteiger partial charge in [-0.25, -0.2) is 23.4 Å². The second kappa shape index (κ2) is 6.74. The average molecular weight is 423 g/mol. The molecule has 3 aromatic heterocycles. The van der Waals surface area contributed by atoms with E-state index in [0.29, 0.717) is 33.7 Å². The lowest BCUT2D eigenvalue weighted by Gasteiger charge is -2.20. The van der Waals surface area contributed by atoms with Crippen LogP contribution >= 0.6 is 0 Å². The first-order valence-corrected chi connectivity index (χ1v) is 9.72. The number of nitrogens with one attached hydrogen (secondary N) is 1. The molecule has 0 saturated heterocycles. The Kier molecular flexibility index (Phi) is 4.23. The van der Waals surface area contributed by atoms with Gasteiger partial charge in [-0.1, -0.05) is 18.2 Å². The first-order chi connectivity index (χ1) is 14.8. The molecule has 4 aromatic rings. The summed E-state index contributed by atoms with van der Waals surface area (Å²) in [7, 11) is 0. The normalized spacial score (nSPS) is 17.0. The molecule has 1 unspecified atom stereocenters. The Morgan fingerprint density at radius 1 is 1.23 bits per heavy atom. The smallest absolute Gasteiger partial charge is 0.204 e. The standard InChI is InChI=1S/C21H19F2N7O/c1-10-5-4-6-11(14(10)23)9-30-19-13(7-12(22)8-24-19)15(29-30)17-25-18-16(27-28-17)21(2,3)20(31)26-18/h4-8,20,31H,9H2,1-3H3,(H,25,26,28). The summed E-state index contributed by atoms with van der Waals surface area (Å²) in [5.41, 5.74) is 1.46. The Morgan fingerprint density at radius 2 is 2.03 bits per heavy atom. The summed E-state index contributed by atoms with van der Waals surface area (Å²) in [6.45, 7) is 5.44. The fraction of sp³-hybridized carbons (Fsp3) is 0.286. The molecule has 10 heteroatoms. The Balaban J connectivity index is 1.65. The van der Waals surface area contributed by atoms with Crippen molar-refractivity contribution in [3.05, 3.63) is 58.9 Å². The second-order valence-electron chi connectivity index (χ2n) is 8.18. The number of aliphatic hydroxyl groups is 1. The Morgan fingerprint density at radius 3 is 2.84 bits per heavy atom. The van der Waals surface area contributed by atoms with Crippen LogP contribution in [0.5, 0.6) is 0 Å². The number of aliphatic hydroxyl groups excluding tert-OH is 1. The minimum Gasteiger partial charge on any atom is -0.373 e. The molecule has 158 valence electrons. The number of hydrogen-bond donors (Lipinski definition) is 2. The van der Waals surface area contributed by atoms with E-state index in [2.05, 4.69) is 30.6 Å². The highest BCUT2D eigenvalue weighted by Gasteiger charge is 2.41. The van der Waals surface area contributed by atoms with E-state index in [1.165, 1.54) is 10.7 Å². The van der Waals surface area contributed by atoms with Gasteiger partial charge in [-0.05, 0) is 32.4 Å². The lowest BCUT2D eigenvalue weighted by atomic mass is 9.90. The summed E-state index contributed by atoms with van der Waals surface area (Å²) >= 11 is 0. The van der Waals surface area contributed by atoms with Gasteiger partial charge in [-0.3, -0.25) is 0 Å². The van der Waals surface area contributed by atoms with Crippen molar-refractivity contribution < 1.29 is 13.9 Å². The molecule has 31 heavy (non-hydrogen) atoms. The lowest BCUT2D eigenvalue weighted by Crippen LogP contribution is -2.33. The van der Waals surface area contributed by atoms with Crippen LogP contribution in [0.25, 0.3) is 22.6 Å². The number of nitrogens with zero attached hydrogens (tertiary/aromatic N) is 6. The summed E-state index contributed by atoms with van der Waals surface area (Å²) in [4.78, 5) is 8.61. The highest BCUT2D eigenvalue weighted by atomic mass is 19.1. The molecule has 0 bridgehead atoms. The van der Waals surface area contributed by atoms with Crippen molar-refractivity contribution in [2.24, 2.45) is 0 Å². The highest BCUT2D eigenvalue weighted by molar-refractivity contribution is 5.89. The van der Waals surface area contributed by atoms with Gasteiger partial charge in [-0.15, -0.1) is 10.2 Å². The fourth-order valence-corrected chi connectivity index (χ4v) is 3.70. The molecular weight excluding hydrogens is 404 g/mol. The van der Waals surface area contributed by atoms with Gasteiger partial charge >= 0.3 is 0 Å². The van der Waals surface area contributed by atoms with Crippen LogP contribution in [-0.4, -0.2) is 41.3 Å². The lowest BCUT2D eigenvalue weighted by molar-refractivity contribution is 0.135. The van der Waals surface area contributed by atoms with Gasteiger partial charge < -0.3 is 10.4 Å². The predicted molar refractivity (Wildman–Crippen MR) is 109 cm³/mol. The third kappa shape index (κ3) is 3.02. The van der Waals surface area contributed by atoms with E-state index in [-0.39, 0.29) is 23.9 Å². The summed E-state index contributed by atoms with van der Waals surface area (Å²) < 4.78 is 30.0. The summed E-state index contributed by atoms with van der Waals surface area (Å²) in [6.07, 6.45) is 0.219. The maximum absolute atomic E-state index is 14.6. The fourth-order valence-electron chi connectivity index (χ4n) is 3.70. The zero-order valence-corrected chi connectivity index (χ0v) is 17.1. The largest absolute Gasteiger partial charge is 0.373 e. The first kappa shape index (κ1) is 19.4. The minimum atomic E-state index is -0.864. The van der Waals surface area contributed by atoms with Crippen LogP contribution in [0.2, 0.25) is 0 Å². The van der Waals surface area contributed by atoms with Crippen LogP contribution in [0.3, 0.4) is 0 Å². The maximum Gasteiger partial charge on any atom is 0.204 e. The molecule has 0 saturated carbocycles. The van der Waals surface area contributed by atoms with Gasteiger partial charge in [-0.2, -0.15) is 5.10 Å². The van der Waals surface area contributed by atoms with Crippen LogP contribution in [0, 0.1) is 18.6 Å². The molecule has 8 nitrogen and oxygen atoms in total. The van der Waals surface area contributed by atoms with Gasteiger partial charge in [0.05, 0.1) is 23.5 Å². The van der Waals surface area contributed by atoms with Gasteiger partial charge in [0.25, 0.3) is 0 Å². The summed E-state index contributed by atoms with van der Waals surface area (Å²) in [5, 5.41) is 26.4. The zero-order valence-electron chi connectivity index (χ0n) is 17.1. The van der Waals surface area contributed by atoms with Crippen molar-refractivity contribution in [2.45, 2.75) is 39.0 Å². The molecule has 1 aromatic carbocycles. The number of anilines is 1. The quantitative estimate of drug-likeness (QED) is 0.522. The van der Waals surface area contributed by atoms with Crippen LogP contribution in [0.4, 0.5) is 14.6 Å². The van der Waals surface area contributed by atoms with E-state index >= 15 is 0 Å². The third-order valence-electron chi connectivity index (χ3n) is 5.61. The van der Waals surface area contributed by atoms with Crippen LogP contribution in [-0.2, 0) is 12.0 Å². The van der Waals surface area contributed by atoms with E-state index in [1.54, 1.807) is 25.1 Å². The molecule has 0 fully saturated rings. The number of aromatic nitrogens is 6. The topological polar surface area (TPSA) is 102 Å². The number of hydrogen-bond acceptors (Lipinski definition) is 7. The van der Waals surface area contributed by atoms with E-state index < -0.39 is 17.5 Å². The van der Waals surface area contributed by atoms with Crippen LogP contribution in [0.1, 0.15) is 30.7 Å². The molecule has 1 aliphatic rings. The van der Waals surface area contributed by atoms with Gasteiger partial charge in [0.2, 0.25) is 5.82 Å². The number of pyridine rings is 1. The summed E-state index contributed by atoms with van der Waals surface area (Å²) in [6, 6.07) is 6.40. The predicted octanol–water partition coefficient (Wildman–Crippen LogP) is 2.94. The molecule has 0 amide bonds. The number of aryl methyl sites for hydroxylation is 1. The van der Waals surface area contributed by atoms with Crippen molar-refractivity contribution in [1.29, 1.82) is 0 Å². The van der Waals surface area contributed by atoms with Crippen molar-refractivity contribution in [2.75, 3.05) is 5.32 Å². The van der Waals surface area contributed by atoms with Crippen LogP contribution < -0.4 is 5.32 Å². The summed E-state index contributed by atoms with van der Waals surface area (Å²) in [5.74, 6) is -0.333. The molecule has 0 spiro atoms. The molecule has 5 rings (SSSR count). The average Bonchev–Trinajstić information content (AvgIpc) is 3.19. The molecule has 1 atom stereocenters. The number of halogens is 2. The number of rotatable bonds is 3. The van der Waals surface area contributed by atoms with Gasteiger partial charge in [0.15, 0.2) is 11.5 Å². The molecule has 1 aliphatic heterocycles. The van der Waals surface area contributed by atoms with Crippen molar-refractivity contribution >= 4 is 16.9 Å². The molecule has 0 radical (unpaired) electrons. The van der Waals surface area contributed by atoms with Gasteiger partial charge in [0.1, 0.15) is 29.3 Å². The van der Waals surface area contributed by atoms with Crippen molar-refractivity contribution in [1.82, 2.24) is 29.9 Å².